The highest BCUT2D eigenvalue weighted by Gasteiger charge is 1.90. The highest BCUT2D eigenvalue weighted by atomic mass is 14.0. The Kier molecular flexibility index (Phi) is 4.93. The molecule has 0 atom stereocenters. The van der Waals surface area contributed by atoms with Crippen LogP contribution in [0.4, 0.5) is 0 Å². The SMILES string of the molecule is [CH2]/C(C)=C(\C)CCC=C(C)C. The standard InChI is InChI=1S/C11H19/c1-9(2)7-6-8-11(5)10(3)4/h7H,3,6,8H2,1-2,4-5H3/b11-10-. The van der Waals surface area contributed by atoms with Gasteiger partial charge < -0.3 is 0 Å². The van der Waals surface area contributed by atoms with Crippen molar-refractivity contribution in [1.82, 2.24) is 0 Å². The van der Waals surface area contributed by atoms with Gasteiger partial charge in [-0.15, -0.1) is 0 Å². The summed E-state index contributed by atoms with van der Waals surface area (Å²) in [6.07, 6.45) is 4.58. The van der Waals surface area contributed by atoms with Gasteiger partial charge in [0.15, 0.2) is 0 Å². The minimum absolute atomic E-state index is 1.15. The first kappa shape index (κ1) is 10.5. The van der Waals surface area contributed by atoms with Gasteiger partial charge in [-0.05, 0) is 47.5 Å². The van der Waals surface area contributed by atoms with Crippen LogP contribution in [0.3, 0.4) is 0 Å². The smallest absolute Gasteiger partial charge is 0.0283 e. The van der Waals surface area contributed by atoms with Gasteiger partial charge in [-0.3, -0.25) is 0 Å². The highest BCUT2D eigenvalue weighted by Crippen LogP contribution is 2.10. The Labute approximate surface area is 71.0 Å². The van der Waals surface area contributed by atoms with Crippen LogP contribution in [0, 0.1) is 6.92 Å². The summed E-state index contributed by atoms with van der Waals surface area (Å²) in [6.45, 7) is 12.4. The molecule has 0 aromatic rings. The van der Waals surface area contributed by atoms with Gasteiger partial charge in [0.1, 0.15) is 0 Å². The molecular weight excluding hydrogens is 132 g/mol. The Morgan fingerprint density at radius 2 is 1.73 bits per heavy atom. The zero-order chi connectivity index (χ0) is 8.85. The molecule has 0 bridgehead atoms. The molecule has 0 fully saturated rings. The van der Waals surface area contributed by atoms with E-state index in [2.05, 4.69) is 40.7 Å². The fourth-order valence-corrected chi connectivity index (χ4v) is 0.791. The molecule has 0 saturated carbocycles. The van der Waals surface area contributed by atoms with E-state index in [1.165, 1.54) is 16.7 Å². The van der Waals surface area contributed by atoms with E-state index in [0.717, 1.165) is 12.8 Å². The zero-order valence-electron chi connectivity index (χ0n) is 8.20. The van der Waals surface area contributed by atoms with Crippen molar-refractivity contribution in [3.05, 3.63) is 29.7 Å². The minimum Gasteiger partial charge on any atom is -0.0856 e. The Morgan fingerprint density at radius 1 is 1.18 bits per heavy atom. The summed E-state index contributed by atoms with van der Waals surface area (Å²) in [7, 11) is 0. The average molecular weight is 151 g/mol. The summed E-state index contributed by atoms with van der Waals surface area (Å²) in [6, 6.07) is 0. The first-order chi connectivity index (χ1) is 5.04. The summed E-state index contributed by atoms with van der Waals surface area (Å²) >= 11 is 0. The molecule has 11 heavy (non-hydrogen) atoms. The van der Waals surface area contributed by atoms with Crippen LogP contribution in [0.25, 0.3) is 0 Å². The number of rotatable bonds is 3. The third kappa shape index (κ3) is 5.90. The lowest BCUT2D eigenvalue weighted by atomic mass is 10.1. The molecule has 0 N–H and O–H groups in total. The number of allylic oxidation sites excluding steroid dienone is 4. The van der Waals surface area contributed by atoms with E-state index in [1.54, 1.807) is 0 Å². The summed E-state index contributed by atoms with van der Waals surface area (Å²) in [5.74, 6) is 0. The monoisotopic (exact) mass is 151 g/mol. The number of hydrogen-bond donors (Lipinski definition) is 0. The quantitative estimate of drug-likeness (QED) is 0.536. The topological polar surface area (TPSA) is 0 Å². The minimum atomic E-state index is 1.15. The molecule has 0 saturated heterocycles. The van der Waals surface area contributed by atoms with Crippen molar-refractivity contribution < 1.29 is 0 Å². The fraction of sp³-hybridized carbons (Fsp3) is 0.545. The van der Waals surface area contributed by atoms with Crippen molar-refractivity contribution in [2.75, 3.05) is 0 Å². The zero-order valence-corrected chi connectivity index (χ0v) is 8.20. The molecule has 0 heterocycles. The van der Waals surface area contributed by atoms with Gasteiger partial charge in [-0.2, -0.15) is 0 Å². The van der Waals surface area contributed by atoms with E-state index in [9.17, 15) is 0 Å². The maximum absolute atomic E-state index is 3.90. The normalized spacial score (nSPS) is 12.5. The van der Waals surface area contributed by atoms with E-state index < -0.39 is 0 Å². The van der Waals surface area contributed by atoms with Gasteiger partial charge in [-0.1, -0.05) is 22.8 Å². The average Bonchev–Trinajstić information content (AvgIpc) is 1.86. The molecule has 0 nitrogen and oxygen atoms in total. The lowest BCUT2D eigenvalue weighted by molar-refractivity contribution is 0.953. The van der Waals surface area contributed by atoms with Gasteiger partial charge in [0.05, 0.1) is 0 Å². The Morgan fingerprint density at radius 3 is 2.09 bits per heavy atom. The Balaban J connectivity index is 3.73. The maximum atomic E-state index is 3.90. The van der Waals surface area contributed by atoms with Crippen molar-refractivity contribution in [1.29, 1.82) is 0 Å². The summed E-state index contributed by atoms with van der Waals surface area (Å²) in [5, 5.41) is 0. The largest absolute Gasteiger partial charge is 0.0856 e. The molecular formula is C11H19. The molecule has 0 unspecified atom stereocenters. The van der Waals surface area contributed by atoms with Gasteiger partial charge in [0.2, 0.25) is 0 Å². The molecule has 0 amide bonds. The van der Waals surface area contributed by atoms with Gasteiger partial charge in [0.25, 0.3) is 0 Å². The second-order valence-electron chi connectivity index (χ2n) is 3.38. The van der Waals surface area contributed by atoms with Crippen LogP contribution in [0.2, 0.25) is 0 Å². The van der Waals surface area contributed by atoms with Crippen LogP contribution >= 0.6 is 0 Å². The molecule has 0 heteroatoms. The van der Waals surface area contributed by atoms with E-state index in [4.69, 9.17) is 0 Å². The number of hydrogen-bond acceptors (Lipinski definition) is 0. The third-order valence-electron chi connectivity index (χ3n) is 1.80. The first-order valence-corrected chi connectivity index (χ1v) is 4.15. The predicted octanol–water partition coefficient (Wildman–Crippen LogP) is 3.90. The van der Waals surface area contributed by atoms with Gasteiger partial charge in [0, 0.05) is 0 Å². The van der Waals surface area contributed by atoms with Crippen LogP contribution < -0.4 is 0 Å². The van der Waals surface area contributed by atoms with Gasteiger partial charge >= 0.3 is 0 Å². The summed E-state index contributed by atoms with van der Waals surface area (Å²) in [4.78, 5) is 0. The summed E-state index contributed by atoms with van der Waals surface area (Å²) in [5.41, 5.74) is 4.04. The molecule has 0 aliphatic heterocycles. The molecule has 0 aromatic carbocycles. The molecule has 0 rings (SSSR count). The molecule has 1 radical (unpaired) electrons. The molecule has 0 aliphatic rings. The Bertz CT molecular complexity index is 162. The predicted molar refractivity (Wildman–Crippen MR) is 52.4 cm³/mol. The second-order valence-corrected chi connectivity index (χ2v) is 3.38. The van der Waals surface area contributed by atoms with E-state index in [-0.39, 0.29) is 0 Å². The van der Waals surface area contributed by atoms with Crippen molar-refractivity contribution in [3.63, 3.8) is 0 Å². The lowest BCUT2D eigenvalue weighted by Crippen LogP contribution is -1.80. The van der Waals surface area contributed by atoms with Crippen LogP contribution in [-0.4, -0.2) is 0 Å². The third-order valence-corrected chi connectivity index (χ3v) is 1.80. The highest BCUT2D eigenvalue weighted by molar-refractivity contribution is 5.12. The summed E-state index contributed by atoms with van der Waals surface area (Å²) < 4.78 is 0. The Hall–Kier alpha value is -0.520. The van der Waals surface area contributed by atoms with E-state index >= 15 is 0 Å². The first-order valence-electron chi connectivity index (χ1n) is 4.15. The van der Waals surface area contributed by atoms with Crippen LogP contribution in [0.1, 0.15) is 40.5 Å². The lowest BCUT2D eigenvalue weighted by Gasteiger charge is -2.00. The van der Waals surface area contributed by atoms with Crippen molar-refractivity contribution in [2.24, 2.45) is 0 Å². The van der Waals surface area contributed by atoms with Crippen molar-refractivity contribution >= 4 is 0 Å². The van der Waals surface area contributed by atoms with E-state index in [0.29, 0.717) is 0 Å². The molecule has 0 aromatic heterocycles. The van der Waals surface area contributed by atoms with Crippen LogP contribution in [0.15, 0.2) is 22.8 Å². The molecule has 0 aliphatic carbocycles. The van der Waals surface area contributed by atoms with Gasteiger partial charge in [-0.25, -0.2) is 0 Å². The fourth-order valence-electron chi connectivity index (χ4n) is 0.791. The second kappa shape index (κ2) is 5.17. The van der Waals surface area contributed by atoms with Crippen molar-refractivity contribution in [3.8, 4) is 0 Å². The van der Waals surface area contributed by atoms with Crippen LogP contribution in [0.5, 0.6) is 0 Å². The molecule has 63 valence electrons. The van der Waals surface area contributed by atoms with E-state index in [1.807, 2.05) is 0 Å². The van der Waals surface area contributed by atoms with Crippen LogP contribution in [-0.2, 0) is 0 Å². The molecule has 0 spiro atoms. The van der Waals surface area contributed by atoms with Crippen molar-refractivity contribution in [2.45, 2.75) is 40.5 Å². The maximum Gasteiger partial charge on any atom is -0.0283 e.